The first-order valence-electron chi connectivity index (χ1n) is 11.1. The molecule has 0 fully saturated rings. The molecular formula is C26H25BrN2O4S. The third kappa shape index (κ3) is 5.14. The topological polar surface area (TPSA) is 83.6 Å². The van der Waals surface area contributed by atoms with Crippen LogP contribution in [-0.4, -0.2) is 31.7 Å². The fourth-order valence-electron chi connectivity index (χ4n) is 4.19. The van der Waals surface area contributed by atoms with Crippen LogP contribution in [0.2, 0.25) is 0 Å². The number of sulfonamides is 1. The Morgan fingerprint density at radius 3 is 2.18 bits per heavy atom. The molecule has 1 aliphatic rings. The van der Waals surface area contributed by atoms with Gasteiger partial charge in [-0.2, -0.15) is 0 Å². The number of aryl methyl sites for hydroxylation is 1. The van der Waals surface area contributed by atoms with Gasteiger partial charge < -0.3 is 0 Å². The molecule has 0 aromatic heterocycles. The number of carbonyl (C=O) groups is 2. The summed E-state index contributed by atoms with van der Waals surface area (Å²) < 4.78 is 30.0. The zero-order valence-electron chi connectivity index (χ0n) is 18.7. The average molecular weight is 541 g/mol. The molecule has 1 atom stereocenters. The van der Waals surface area contributed by atoms with E-state index in [-0.39, 0.29) is 16.7 Å². The van der Waals surface area contributed by atoms with Crippen molar-refractivity contribution >= 4 is 37.8 Å². The number of benzene rings is 3. The number of nitrogens with zero attached hydrogens (tertiary/aromatic N) is 1. The van der Waals surface area contributed by atoms with E-state index in [1.54, 1.807) is 55.5 Å². The number of rotatable bonds is 9. The molecule has 1 heterocycles. The lowest BCUT2D eigenvalue weighted by Crippen LogP contribution is -2.31. The second-order valence-corrected chi connectivity index (χ2v) is 10.9. The van der Waals surface area contributed by atoms with Gasteiger partial charge in [0.05, 0.1) is 16.0 Å². The second-order valence-electron chi connectivity index (χ2n) is 8.30. The van der Waals surface area contributed by atoms with E-state index in [1.165, 1.54) is 4.90 Å². The first kappa shape index (κ1) is 24.3. The molecule has 8 heteroatoms. The van der Waals surface area contributed by atoms with Crippen molar-refractivity contribution in [1.29, 1.82) is 0 Å². The van der Waals surface area contributed by atoms with E-state index in [1.807, 2.05) is 24.3 Å². The van der Waals surface area contributed by atoms with E-state index < -0.39 is 16.1 Å². The SMILES string of the molecule is Cc1ccccc1S(=O)(=O)NC(CCCCN1C(=O)c2ccccc2C1=O)c1cccc(Br)c1. The largest absolute Gasteiger partial charge is 0.274 e. The highest BCUT2D eigenvalue weighted by Gasteiger charge is 2.34. The Balaban J connectivity index is 1.45. The predicted molar refractivity (Wildman–Crippen MR) is 134 cm³/mol. The molecule has 0 spiro atoms. The van der Waals surface area contributed by atoms with Crippen molar-refractivity contribution in [3.8, 4) is 0 Å². The van der Waals surface area contributed by atoms with Gasteiger partial charge in [-0.3, -0.25) is 14.5 Å². The first-order chi connectivity index (χ1) is 16.3. The number of nitrogens with one attached hydrogen (secondary N) is 1. The summed E-state index contributed by atoms with van der Waals surface area (Å²) >= 11 is 3.46. The maximum absolute atomic E-state index is 13.2. The minimum atomic E-state index is -3.74. The van der Waals surface area contributed by atoms with Crippen molar-refractivity contribution in [2.24, 2.45) is 0 Å². The third-order valence-electron chi connectivity index (χ3n) is 5.93. The van der Waals surface area contributed by atoms with Crippen molar-refractivity contribution in [2.45, 2.75) is 37.1 Å². The Hall–Kier alpha value is -2.81. The summed E-state index contributed by atoms with van der Waals surface area (Å²) in [5, 5.41) is 0. The predicted octanol–water partition coefficient (Wildman–Crippen LogP) is 5.24. The smallest absolute Gasteiger partial charge is 0.261 e. The van der Waals surface area contributed by atoms with Crippen LogP contribution in [0.5, 0.6) is 0 Å². The standard InChI is InChI=1S/C26H25BrN2O4S/c1-18-9-2-5-15-24(18)34(32,33)28-23(19-10-8-11-20(27)17-19)14-6-7-16-29-25(30)21-12-3-4-13-22(21)26(29)31/h2-5,8-13,15,17,23,28H,6-7,14,16H2,1H3. The summed E-state index contributed by atoms with van der Waals surface area (Å²) in [6, 6.07) is 20.8. The van der Waals surface area contributed by atoms with Gasteiger partial charge in [-0.05, 0) is 67.6 Å². The quantitative estimate of drug-likeness (QED) is 0.297. The molecule has 34 heavy (non-hydrogen) atoms. The van der Waals surface area contributed by atoms with Gasteiger partial charge in [0.1, 0.15) is 0 Å². The average Bonchev–Trinajstić information content (AvgIpc) is 3.06. The number of hydrogen-bond acceptors (Lipinski definition) is 4. The zero-order valence-corrected chi connectivity index (χ0v) is 21.1. The minimum absolute atomic E-state index is 0.251. The lowest BCUT2D eigenvalue weighted by Gasteiger charge is -2.21. The van der Waals surface area contributed by atoms with Gasteiger partial charge >= 0.3 is 0 Å². The van der Waals surface area contributed by atoms with Gasteiger partial charge in [-0.1, -0.05) is 58.4 Å². The molecule has 0 radical (unpaired) electrons. The van der Waals surface area contributed by atoms with Gasteiger partial charge in [0.2, 0.25) is 10.0 Å². The van der Waals surface area contributed by atoms with Crippen LogP contribution in [0.25, 0.3) is 0 Å². The molecule has 3 aromatic carbocycles. The number of imide groups is 1. The molecular weight excluding hydrogens is 516 g/mol. The van der Waals surface area contributed by atoms with Crippen LogP contribution in [0.3, 0.4) is 0 Å². The molecule has 0 saturated carbocycles. The highest BCUT2D eigenvalue weighted by Crippen LogP contribution is 2.27. The maximum atomic E-state index is 13.2. The molecule has 1 unspecified atom stereocenters. The number of hydrogen-bond donors (Lipinski definition) is 1. The number of halogens is 1. The Morgan fingerprint density at radius 2 is 1.53 bits per heavy atom. The third-order valence-corrected chi connectivity index (χ3v) is 8.06. The summed E-state index contributed by atoms with van der Waals surface area (Å²) in [5.41, 5.74) is 2.39. The summed E-state index contributed by atoms with van der Waals surface area (Å²) in [6.07, 6.45) is 1.72. The van der Waals surface area contributed by atoms with Crippen LogP contribution < -0.4 is 4.72 Å². The van der Waals surface area contributed by atoms with Crippen molar-refractivity contribution in [3.05, 3.63) is 99.5 Å². The highest BCUT2D eigenvalue weighted by molar-refractivity contribution is 9.10. The van der Waals surface area contributed by atoms with Crippen LogP contribution in [-0.2, 0) is 10.0 Å². The van der Waals surface area contributed by atoms with E-state index in [0.717, 1.165) is 10.0 Å². The van der Waals surface area contributed by atoms with Crippen molar-refractivity contribution in [2.75, 3.05) is 6.54 Å². The summed E-state index contributed by atoms with van der Waals surface area (Å²) in [5.74, 6) is -0.547. The number of carbonyl (C=O) groups excluding carboxylic acids is 2. The Kier molecular flexibility index (Phi) is 7.30. The van der Waals surface area contributed by atoms with E-state index >= 15 is 0 Å². The fraction of sp³-hybridized carbons (Fsp3) is 0.231. The summed E-state index contributed by atoms with van der Waals surface area (Å²) in [4.78, 5) is 26.7. The number of unbranched alkanes of at least 4 members (excludes halogenated alkanes) is 1. The van der Waals surface area contributed by atoms with Crippen LogP contribution in [0, 0.1) is 6.92 Å². The normalized spacial score (nSPS) is 14.4. The molecule has 2 amide bonds. The zero-order chi connectivity index (χ0) is 24.3. The second kappa shape index (κ2) is 10.2. The first-order valence-corrected chi connectivity index (χ1v) is 13.3. The van der Waals surface area contributed by atoms with Gasteiger partial charge in [-0.25, -0.2) is 13.1 Å². The lowest BCUT2D eigenvalue weighted by molar-refractivity contribution is 0.0651. The van der Waals surface area contributed by atoms with E-state index in [4.69, 9.17) is 0 Å². The van der Waals surface area contributed by atoms with Gasteiger partial charge in [0, 0.05) is 17.1 Å². The van der Waals surface area contributed by atoms with E-state index in [2.05, 4.69) is 20.7 Å². The molecule has 6 nitrogen and oxygen atoms in total. The van der Waals surface area contributed by atoms with Gasteiger partial charge in [-0.15, -0.1) is 0 Å². The molecule has 4 rings (SSSR count). The molecule has 3 aromatic rings. The van der Waals surface area contributed by atoms with Crippen molar-refractivity contribution in [3.63, 3.8) is 0 Å². The summed E-state index contributed by atoms with van der Waals surface area (Å²) in [6.45, 7) is 2.06. The monoisotopic (exact) mass is 540 g/mol. The number of amides is 2. The minimum Gasteiger partial charge on any atom is -0.274 e. The van der Waals surface area contributed by atoms with Crippen molar-refractivity contribution in [1.82, 2.24) is 9.62 Å². The molecule has 0 aliphatic carbocycles. The van der Waals surface area contributed by atoms with E-state index in [9.17, 15) is 18.0 Å². The molecule has 1 N–H and O–H groups in total. The van der Waals surface area contributed by atoms with Gasteiger partial charge in [0.15, 0.2) is 0 Å². The molecule has 1 aliphatic heterocycles. The Labute approximate surface area is 208 Å². The fourth-order valence-corrected chi connectivity index (χ4v) is 6.11. The lowest BCUT2D eigenvalue weighted by atomic mass is 10.0. The van der Waals surface area contributed by atoms with Crippen LogP contribution in [0.15, 0.2) is 82.2 Å². The van der Waals surface area contributed by atoms with Gasteiger partial charge in [0.25, 0.3) is 11.8 Å². The van der Waals surface area contributed by atoms with Crippen LogP contribution in [0.1, 0.15) is 57.1 Å². The molecule has 176 valence electrons. The molecule has 0 bridgehead atoms. The van der Waals surface area contributed by atoms with Crippen LogP contribution >= 0.6 is 15.9 Å². The number of fused-ring (bicyclic) bond motifs is 1. The molecule has 0 saturated heterocycles. The van der Waals surface area contributed by atoms with Crippen molar-refractivity contribution < 1.29 is 18.0 Å². The van der Waals surface area contributed by atoms with Crippen LogP contribution in [0.4, 0.5) is 0 Å². The Bertz CT molecular complexity index is 1300. The van der Waals surface area contributed by atoms with E-state index in [0.29, 0.717) is 42.5 Å². The maximum Gasteiger partial charge on any atom is 0.261 e. The summed E-state index contributed by atoms with van der Waals surface area (Å²) in [7, 11) is -3.74. The highest BCUT2D eigenvalue weighted by atomic mass is 79.9. The Morgan fingerprint density at radius 1 is 0.882 bits per heavy atom.